The minimum absolute atomic E-state index is 1.06. The number of nitrogens with one attached hydrogen (secondary N) is 1. The second-order valence-electron chi connectivity index (χ2n) is 4.93. The molecule has 1 heteroatoms. The molecule has 0 unspecified atom stereocenters. The molecule has 2 aliphatic rings. The predicted octanol–water partition coefficient (Wildman–Crippen LogP) is 2.96. The summed E-state index contributed by atoms with van der Waals surface area (Å²) in [4.78, 5) is 0. The number of hydrogen-bond donors (Lipinski definition) is 1. The minimum Gasteiger partial charge on any atom is -0.317 e. The lowest BCUT2D eigenvalue weighted by Gasteiger charge is -2.29. The van der Waals surface area contributed by atoms with Crippen molar-refractivity contribution in [1.29, 1.82) is 0 Å². The van der Waals surface area contributed by atoms with Crippen LogP contribution in [0.15, 0.2) is 0 Å². The van der Waals surface area contributed by atoms with Gasteiger partial charge in [0.15, 0.2) is 0 Å². The summed E-state index contributed by atoms with van der Waals surface area (Å²) in [6.45, 7) is 2.55. The van der Waals surface area contributed by atoms with E-state index >= 15 is 0 Å². The topological polar surface area (TPSA) is 12.0 Å². The first kappa shape index (κ1) is 9.51. The van der Waals surface area contributed by atoms with Crippen molar-refractivity contribution < 1.29 is 0 Å². The highest BCUT2D eigenvalue weighted by molar-refractivity contribution is 4.74. The van der Waals surface area contributed by atoms with Crippen LogP contribution < -0.4 is 5.32 Å². The second-order valence-corrected chi connectivity index (χ2v) is 4.93. The molecule has 0 aromatic carbocycles. The molecule has 0 aromatic rings. The Balaban J connectivity index is 1.69. The fourth-order valence-corrected chi connectivity index (χ4v) is 3.01. The average molecular weight is 181 g/mol. The molecule has 1 heterocycles. The van der Waals surface area contributed by atoms with Gasteiger partial charge in [0, 0.05) is 0 Å². The van der Waals surface area contributed by atoms with Crippen molar-refractivity contribution in [2.24, 2.45) is 11.8 Å². The molecule has 0 atom stereocenters. The van der Waals surface area contributed by atoms with Crippen LogP contribution in [-0.4, -0.2) is 13.1 Å². The SMILES string of the molecule is C1CCC(CC2CCNCC2)CC1. The van der Waals surface area contributed by atoms with E-state index in [1.807, 2.05) is 0 Å². The van der Waals surface area contributed by atoms with Crippen molar-refractivity contribution in [3.05, 3.63) is 0 Å². The molecular weight excluding hydrogens is 158 g/mol. The maximum absolute atomic E-state index is 3.45. The first-order valence-corrected chi connectivity index (χ1v) is 6.16. The van der Waals surface area contributed by atoms with Crippen molar-refractivity contribution in [2.75, 3.05) is 13.1 Å². The van der Waals surface area contributed by atoms with Crippen LogP contribution in [0.2, 0.25) is 0 Å². The van der Waals surface area contributed by atoms with E-state index in [4.69, 9.17) is 0 Å². The van der Waals surface area contributed by atoms with Gasteiger partial charge in [-0.1, -0.05) is 32.1 Å². The molecule has 0 spiro atoms. The maximum Gasteiger partial charge on any atom is -0.00463 e. The van der Waals surface area contributed by atoms with Crippen molar-refractivity contribution in [1.82, 2.24) is 5.32 Å². The molecule has 0 amide bonds. The first-order valence-electron chi connectivity index (χ1n) is 6.16. The van der Waals surface area contributed by atoms with E-state index in [0.717, 1.165) is 11.8 Å². The van der Waals surface area contributed by atoms with E-state index in [0.29, 0.717) is 0 Å². The average Bonchev–Trinajstić information content (AvgIpc) is 2.21. The van der Waals surface area contributed by atoms with E-state index in [2.05, 4.69) is 5.32 Å². The molecule has 1 aliphatic heterocycles. The van der Waals surface area contributed by atoms with Gasteiger partial charge in [0.2, 0.25) is 0 Å². The van der Waals surface area contributed by atoms with Crippen LogP contribution >= 0.6 is 0 Å². The maximum atomic E-state index is 3.45. The van der Waals surface area contributed by atoms with Crippen LogP contribution in [0, 0.1) is 11.8 Å². The standard InChI is InChI=1S/C12H23N/c1-2-4-11(5-3-1)10-12-6-8-13-9-7-12/h11-13H,1-10H2. The van der Waals surface area contributed by atoms with E-state index in [1.54, 1.807) is 6.42 Å². The highest BCUT2D eigenvalue weighted by Crippen LogP contribution is 2.31. The molecule has 2 fully saturated rings. The monoisotopic (exact) mass is 181 g/mol. The van der Waals surface area contributed by atoms with Crippen molar-refractivity contribution in [2.45, 2.75) is 51.4 Å². The van der Waals surface area contributed by atoms with Crippen LogP contribution in [0.1, 0.15) is 51.4 Å². The fourth-order valence-electron chi connectivity index (χ4n) is 3.01. The Labute approximate surface area is 82.3 Å². The van der Waals surface area contributed by atoms with Crippen molar-refractivity contribution in [3.8, 4) is 0 Å². The van der Waals surface area contributed by atoms with Gasteiger partial charge in [-0.15, -0.1) is 0 Å². The smallest absolute Gasteiger partial charge is 0.00463 e. The van der Waals surface area contributed by atoms with E-state index in [9.17, 15) is 0 Å². The summed E-state index contributed by atoms with van der Waals surface area (Å²) in [5, 5.41) is 3.45. The van der Waals surface area contributed by atoms with E-state index in [-0.39, 0.29) is 0 Å². The van der Waals surface area contributed by atoms with E-state index in [1.165, 1.54) is 58.0 Å². The van der Waals surface area contributed by atoms with Gasteiger partial charge < -0.3 is 5.32 Å². The summed E-state index contributed by atoms with van der Waals surface area (Å²) in [6.07, 6.45) is 12.0. The molecule has 13 heavy (non-hydrogen) atoms. The Morgan fingerprint density at radius 3 is 2.08 bits per heavy atom. The summed E-state index contributed by atoms with van der Waals surface area (Å²) in [7, 11) is 0. The second kappa shape index (κ2) is 4.99. The van der Waals surface area contributed by atoms with Gasteiger partial charge in [-0.05, 0) is 44.2 Å². The number of piperidine rings is 1. The normalized spacial score (nSPS) is 27.7. The molecule has 1 saturated carbocycles. The molecule has 1 N–H and O–H groups in total. The van der Waals surface area contributed by atoms with Crippen LogP contribution in [0.3, 0.4) is 0 Å². The zero-order chi connectivity index (χ0) is 8.93. The highest BCUT2D eigenvalue weighted by atomic mass is 14.9. The Kier molecular flexibility index (Phi) is 3.65. The Morgan fingerprint density at radius 2 is 1.38 bits per heavy atom. The zero-order valence-corrected chi connectivity index (χ0v) is 8.73. The lowest BCUT2D eigenvalue weighted by atomic mass is 9.80. The summed E-state index contributed by atoms with van der Waals surface area (Å²) >= 11 is 0. The van der Waals surface area contributed by atoms with Gasteiger partial charge in [0.25, 0.3) is 0 Å². The Bertz CT molecular complexity index is 116. The quantitative estimate of drug-likeness (QED) is 0.690. The molecule has 1 aliphatic carbocycles. The van der Waals surface area contributed by atoms with Crippen LogP contribution in [0.25, 0.3) is 0 Å². The van der Waals surface area contributed by atoms with Gasteiger partial charge >= 0.3 is 0 Å². The van der Waals surface area contributed by atoms with Crippen LogP contribution in [0.5, 0.6) is 0 Å². The van der Waals surface area contributed by atoms with Crippen molar-refractivity contribution >= 4 is 0 Å². The van der Waals surface area contributed by atoms with Crippen LogP contribution in [-0.2, 0) is 0 Å². The molecular formula is C12H23N. The number of hydrogen-bond acceptors (Lipinski definition) is 1. The Morgan fingerprint density at radius 1 is 0.769 bits per heavy atom. The van der Waals surface area contributed by atoms with E-state index < -0.39 is 0 Å². The van der Waals surface area contributed by atoms with Gasteiger partial charge in [-0.25, -0.2) is 0 Å². The molecule has 1 nitrogen and oxygen atoms in total. The zero-order valence-electron chi connectivity index (χ0n) is 8.73. The van der Waals surface area contributed by atoms with Gasteiger partial charge in [0.05, 0.1) is 0 Å². The molecule has 2 rings (SSSR count). The first-order chi connectivity index (χ1) is 6.45. The summed E-state index contributed by atoms with van der Waals surface area (Å²) < 4.78 is 0. The lowest BCUT2D eigenvalue weighted by Crippen LogP contribution is -2.29. The molecule has 0 radical (unpaired) electrons. The largest absolute Gasteiger partial charge is 0.317 e. The van der Waals surface area contributed by atoms with Gasteiger partial charge in [0.1, 0.15) is 0 Å². The fraction of sp³-hybridized carbons (Fsp3) is 1.00. The highest BCUT2D eigenvalue weighted by Gasteiger charge is 2.20. The third kappa shape index (κ3) is 2.98. The van der Waals surface area contributed by atoms with Crippen molar-refractivity contribution in [3.63, 3.8) is 0 Å². The summed E-state index contributed by atoms with van der Waals surface area (Å²) in [6, 6.07) is 0. The summed E-state index contributed by atoms with van der Waals surface area (Å²) in [5.41, 5.74) is 0. The predicted molar refractivity (Wildman–Crippen MR) is 56.8 cm³/mol. The Hall–Kier alpha value is -0.0400. The van der Waals surface area contributed by atoms with Gasteiger partial charge in [-0.2, -0.15) is 0 Å². The molecule has 76 valence electrons. The lowest BCUT2D eigenvalue weighted by molar-refractivity contribution is 0.251. The molecule has 0 bridgehead atoms. The third-order valence-corrected chi connectivity index (χ3v) is 3.85. The molecule has 0 aromatic heterocycles. The number of rotatable bonds is 2. The third-order valence-electron chi connectivity index (χ3n) is 3.85. The van der Waals surface area contributed by atoms with Gasteiger partial charge in [-0.3, -0.25) is 0 Å². The summed E-state index contributed by atoms with van der Waals surface area (Å²) in [5.74, 6) is 2.15. The van der Waals surface area contributed by atoms with Crippen LogP contribution in [0.4, 0.5) is 0 Å². The molecule has 1 saturated heterocycles. The minimum atomic E-state index is 1.06.